The van der Waals surface area contributed by atoms with Crippen LogP contribution in [0.1, 0.15) is 38.3 Å². The monoisotopic (exact) mass is 429 g/mol. The summed E-state index contributed by atoms with van der Waals surface area (Å²) in [7, 11) is 0. The Bertz CT molecular complexity index is 687. The largest absolute Gasteiger partial charge is 0.464 e. The summed E-state index contributed by atoms with van der Waals surface area (Å²) in [4.78, 5) is 15.1. The number of nitrogens with zero attached hydrogens (tertiary/aromatic N) is 2. The molecule has 1 saturated carbocycles. The van der Waals surface area contributed by atoms with Gasteiger partial charge in [0.1, 0.15) is 12.4 Å². The molecule has 2 heterocycles. The van der Waals surface area contributed by atoms with Crippen molar-refractivity contribution in [3.63, 3.8) is 0 Å². The summed E-state index contributed by atoms with van der Waals surface area (Å²) in [5.41, 5.74) is 0.709. The molecule has 2 fully saturated rings. The fourth-order valence-electron chi connectivity index (χ4n) is 4.55. The average Bonchev–Trinajstić information content (AvgIpc) is 3.15. The molecule has 2 unspecified atom stereocenters. The summed E-state index contributed by atoms with van der Waals surface area (Å²) in [5.74, 6) is 0.177. The summed E-state index contributed by atoms with van der Waals surface area (Å²) in [6.07, 6.45) is 2.75. The summed E-state index contributed by atoms with van der Waals surface area (Å²) < 4.78 is 1.04. The van der Waals surface area contributed by atoms with Crippen molar-refractivity contribution < 1.29 is 30.3 Å². The van der Waals surface area contributed by atoms with Crippen LogP contribution < -0.4 is 5.32 Å². The quantitative estimate of drug-likeness (QED) is 0.369. The highest BCUT2D eigenvalue weighted by Crippen LogP contribution is 2.42. The predicted molar refractivity (Wildman–Crippen MR) is 108 cm³/mol. The molecule has 3 rings (SSSR count). The zero-order valence-electron chi connectivity index (χ0n) is 16.5. The summed E-state index contributed by atoms with van der Waals surface area (Å²) in [5, 5.41) is 52.0. The highest BCUT2D eigenvalue weighted by atomic mass is 32.2. The van der Waals surface area contributed by atoms with Gasteiger partial charge in [0.25, 0.3) is 0 Å². The summed E-state index contributed by atoms with van der Waals surface area (Å²) >= 11 is 1.38. The normalized spacial score (nSPS) is 36.7. The van der Waals surface area contributed by atoms with E-state index >= 15 is 0 Å². The molecular weight excluding hydrogens is 398 g/mol. The first-order valence-electron chi connectivity index (χ1n) is 10.1. The van der Waals surface area contributed by atoms with Gasteiger partial charge in [0, 0.05) is 30.0 Å². The number of carbonyl (C=O) groups is 1. The lowest BCUT2D eigenvalue weighted by atomic mass is 9.80. The van der Waals surface area contributed by atoms with E-state index in [1.54, 1.807) is 0 Å². The van der Waals surface area contributed by atoms with Crippen LogP contribution in [0.2, 0.25) is 0 Å². The summed E-state index contributed by atoms with van der Waals surface area (Å²) in [6.45, 7) is 1.80. The number of rotatable bonds is 6. The van der Waals surface area contributed by atoms with Crippen LogP contribution in [0.4, 0.5) is 4.79 Å². The van der Waals surface area contributed by atoms with E-state index in [1.807, 2.05) is 6.92 Å². The van der Waals surface area contributed by atoms with Gasteiger partial charge < -0.3 is 30.8 Å². The molecular formula is C19H31N3O6S. The smallest absolute Gasteiger partial charge is 0.416 e. The first-order chi connectivity index (χ1) is 13.8. The third-order valence-corrected chi connectivity index (χ3v) is 7.76. The molecule has 1 aromatic rings. The van der Waals surface area contributed by atoms with Crippen molar-refractivity contribution in [1.82, 2.24) is 14.9 Å². The molecule has 6 N–H and O–H groups in total. The number of imidazole rings is 1. The number of aliphatic hydroxyl groups excluding tert-OH is 4. The zero-order valence-corrected chi connectivity index (χ0v) is 17.3. The molecule has 0 spiro atoms. The van der Waals surface area contributed by atoms with Crippen molar-refractivity contribution in [2.45, 2.75) is 79.9 Å². The third kappa shape index (κ3) is 5.31. The number of hydrogen-bond donors (Lipinski definition) is 6. The standard InChI is InChI=1S/C19H31N3O6S/c1-10(5-13-7-22(9-20-13)19(27)28)21-12-4-2-3-11(6-12)18-17(26)16(25)15(24)14(8-23)29-18/h7,9-12,14-18,21,23-26H,2-6,8H2,1H3,(H,27,28)/t10-,11?,12?,14-,15+,16+,17-,18+/m1/s1. The van der Waals surface area contributed by atoms with Crippen LogP contribution in [0.5, 0.6) is 0 Å². The van der Waals surface area contributed by atoms with E-state index in [2.05, 4.69) is 10.3 Å². The molecule has 1 saturated heterocycles. The number of aliphatic hydroxyl groups is 4. The first-order valence-corrected chi connectivity index (χ1v) is 11.1. The van der Waals surface area contributed by atoms with Gasteiger partial charge in [0.2, 0.25) is 0 Å². The lowest BCUT2D eigenvalue weighted by Gasteiger charge is -2.45. The Morgan fingerprint density at radius 1 is 1.31 bits per heavy atom. The van der Waals surface area contributed by atoms with Crippen LogP contribution in [-0.4, -0.2) is 88.7 Å². The molecule has 0 bridgehead atoms. The Kier molecular flexibility index (Phi) is 7.58. The van der Waals surface area contributed by atoms with Crippen LogP contribution in [-0.2, 0) is 6.42 Å². The maximum Gasteiger partial charge on any atom is 0.416 e. The van der Waals surface area contributed by atoms with Gasteiger partial charge in [0.05, 0.1) is 29.8 Å². The van der Waals surface area contributed by atoms with Crippen molar-refractivity contribution in [2.24, 2.45) is 5.92 Å². The topological polar surface area (TPSA) is 148 Å². The second-order valence-corrected chi connectivity index (χ2v) is 9.67. The van der Waals surface area contributed by atoms with E-state index < -0.39 is 29.7 Å². The van der Waals surface area contributed by atoms with E-state index in [4.69, 9.17) is 5.11 Å². The Balaban J connectivity index is 1.56. The number of nitrogens with one attached hydrogen (secondary N) is 1. The third-order valence-electron chi connectivity index (χ3n) is 6.00. The van der Waals surface area contributed by atoms with Crippen molar-refractivity contribution in [2.75, 3.05) is 6.61 Å². The maximum absolute atomic E-state index is 11.0. The number of aromatic nitrogens is 2. The van der Waals surface area contributed by atoms with E-state index in [0.29, 0.717) is 12.1 Å². The number of hydrogen-bond acceptors (Lipinski definition) is 8. The lowest BCUT2D eigenvalue weighted by molar-refractivity contribution is -0.0763. The molecule has 1 aliphatic carbocycles. The second kappa shape index (κ2) is 9.76. The molecule has 164 valence electrons. The molecule has 2 aliphatic rings. The van der Waals surface area contributed by atoms with E-state index in [0.717, 1.165) is 30.3 Å². The van der Waals surface area contributed by atoms with Crippen molar-refractivity contribution >= 4 is 17.9 Å². The Labute approximate surface area is 174 Å². The molecule has 8 atom stereocenters. The molecule has 0 aromatic carbocycles. The van der Waals surface area contributed by atoms with E-state index in [1.165, 1.54) is 24.3 Å². The molecule has 9 nitrogen and oxygen atoms in total. The minimum absolute atomic E-state index is 0.109. The Morgan fingerprint density at radius 2 is 2.07 bits per heavy atom. The Morgan fingerprint density at radius 3 is 2.72 bits per heavy atom. The second-order valence-electron chi connectivity index (χ2n) is 8.24. The van der Waals surface area contributed by atoms with E-state index in [9.17, 15) is 25.2 Å². The Hall–Kier alpha value is -1.17. The van der Waals surface area contributed by atoms with Gasteiger partial charge in [0.15, 0.2) is 0 Å². The lowest BCUT2D eigenvalue weighted by Crippen LogP contribution is -2.56. The predicted octanol–water partition coefficient (Wildman–Crippen LogP) is 0.0476. The first kappa shape index (κ1) is 22.5. The molecule has 1 aliphatic heterocycles. The van der Waals surface area contributed by atoms with Crippen molar-refractivity contribution in [3.05, 3.63) is 18.2 Å². The molecule has 1 aromatic heterocycles. The van der Waals surface area contributed by atoms with Gasteiger partial charge in [-0.1, -0.05) is 6.42 Å². The molecule has 0 radical (unpaired) electrons. The van der Waals surface area contributed by atoms with Gasteiger partial charge in [-0.15, -0.1) is 11.8 Å². The van der Waals surface area contributed by atoms with Crippen molar-refractivity contribution in [3.8, 4) is 0 Å². The molecule has 10 heteroatoms. The fraction of sp³-hybridized carbons (Fsp3) is 0.789. The van der Waals surface area contributed by atoms with Gasteiger partial charge in [-0.3, -0.25) is 0 Å². The average molecular weight is 430 g/mol. The maximum atomic E-state index is 11.0. The van der Waals surface area contributed by atoms with Gasteiger partial charge in [-0.2, -0.15) is 0 Å². The summed E-state index contributed by atoms with van der Waals surface area (Å²) in [6, 6.07) is 0.354. The zero-order chi connectivity index (χ0) is 21.1. The SMILES string of the molecule is C[C@H](Cc1cn(C(=O)O)cn1)NC1CCCC([C@@H]2S[C@H](CO)[C@H](O)[C@H](O)[C@H]2O)C1. The van der Waals surface area contributed by atoms with Gasteiger partial charge >= 0.3 is 6.09 Å². The number of thioether (sulfide) groups is 1. The van der Waals surface area contributed by atoms with Crippen LogP contribution in [0, 0.1) is 5.92 Å². The van der Waals surface area contributed by atoms with Crippen LogP contribution in [0.25, 0.3) is 0 Å². The number of carboxylic acid groups (broad SMARTS) is 1. The van der Waals surface area contributed by atoms with Gasteiger partial charge in [-0.05, 0) is 32.1 Å². The minimum Gasteiger partial charge on any atom is -0.464 e. The van der Waals surface area contributed by atoms with Crippen LogP contribution in [0.3, 0.4) is 0 Å². The highest BCUT2D eigenvalue weighted by molar-refractivity contribution is 8.00. The molecule has 0 amide bonds. The van der Waals surface area contributed by atoms with Gasteiger partial charge in [-0.25, -0.2) is 14.3 Å². The molecule has 29 heavy (non-hydrogen) atoms. The van der Waals surface area contributed by atoms with E-state index in [-0.39, 0.29) is 29.9 Å². The highest BCUT2D eigenvalue weighted by Gasteiger charge is 2.46. The fourth-order valence-corrected chi connectivity index (χ4v) is 6.15. The van der Waals surface area contributed by atoms with Crippen LogP contribution >= 0.6 is 11.8 Å². The minimum atomic E-state index is -1.24. The van der Waals surface area contributed by atoms with Crippen LogP contribution in [0.15, 0.2) is 12.5 Å². The van der Waals surface area contributed by atoms with Crippen molar-refractivity contribution in [1.29, 1.82) is 0 Å².